The van der Waals surface area contributed by atoms with E-state index in [1.807, 2.05) is 41.8 Å². The van der Waals surface area contributed by atoms with Gasteiger partial charge >= 0.3 is 5.97 Å². The molecule has 36 heavy (non-hydrogen) atoms. The zero-order valence-corrected chi connectivity index (χ0v) is 21.0. The van der Waals surface area contributed by atoms with E-state index in [9.17, 15) is 14.4 Å². The van der Waals surface area contributed by atoms with Gasteiger partial charge in [0.1, 0.15) is 6.54 Å². The van der Waals surface area contributed by atoms with Gasteiger partial charge in [-0.15, -0.1) is 11.3 Å². The van der Waals surface area contributed by atoms with Gasteiger partial charge in [-0.05, 0) is 73.1 Å². The zero-order valence-electron chi connectivity index (χ0n) is 20.2. The highest BCUT2D eigenvalue weighted by Gasteiger charge is 2.30. The second kappa shape index (κ2) is 11.8. The molecule has 0 spiro atoms. The van der Waals surface area contributed by atoms with Gasteiger partial charge in [0, 0.05) is 17.0 Å². The first kappa shape index (κ1) is 25.4. The summed E-state index contributed by atoms with van der Waals surface area (Å²) in [7, 11) is 0. The number of anilines is 2. The van der Waals surface area contributed by atoms with Crippen LogP contribution in [0.15, 0.2) is 60.0 Å². The molecule has 1 atom stereocenters. The summed E-state index contributed by atoms with van der Waals surface area (Å²) in [4.78, 5) is 40.2. The van der Waals surface area contributed by atoms with Gasteiger partial charge in [-0.1, -0.05) is 24.3 Å². The van der Waals surface area contributed by atoms with Crippen LogP contribution in [-0.4, -0.2) is 48.4 Å². The molecule has 0 saturated carbocycles. The number of rotatable bonds is 9. The van der Waals surface area contributed by atoms with Crippen molar-refractivity contribution in [2.24, 2.45) is 0 Å². The summed E-state index contributed by atoms with van der Waals surface area (Å²) in [5, 5.41) is 7.59. The van der Waals surface area contributed by atoms with Crippen molar-refractivity contribution < 1.29 is 19.1 Å². The number of nitrogens with zero attached hydrogens (tertiary/aromatic N) is 1. The van der Waals surface area contributed by atoms with Gasteiger partial charge in [-0.2, -0.15) is 0 Å². The summed E-state index contributed by atoms with van der Waals surface area (Å²) in [5.74, 6) is -0.850. The largest absolute Gasteiger partial charge is 0.465 e. The predicted molar refractivity (Wildman–Crippen MR) is 142 cm³/mol. The third-order valence-electron chi connectivity index (χ3n) is 6.09. The topological polar surface area (TPSA) is 114 Å². The van der Waals surface area contributed by atoms with Crippen molar-refractivity contribution >= 4 is 40.5 Å². The van der Waals surface area contributed by atoms with Gasteiger partial charge in [0.05, 0.1) is 24.0 Å². The molecule has 1 fully saturated rings. The van der Waals surface area contributed by atoms with Crippen molar-refractivity contribution in [2.45, 2.75) is 32.4 Å². The van der Waals surface area contributed by atoms with Crippen LogP contribution >= 0.6 is 11.3 Å². The van der Waals surface area contributed by atoms with E-state index in [2.05, 4.69) is 15.5 Å². The highest BCUT2D eigenvalue weighted by molar-refractivity contribution is 7.13. The first-order chi connectivity index (χ1) is 17.4. The Morgan fingerprint density at radius 3 is 2.67 bits per heavy atom. The molecule has 0 aliphatic carbocycles. The monoisotopic (exact) mass is 506 g/mol. The van der Waals surface area contributed by atoms with Crippen molar-refractivity contribution in [3.8, 4) is 10.4 Å². The molecule has 2 aromatic carbocycles. The van der Waals surface area contributed by atoms with Crippen molar-refractivity contribution in [1.82, 2.24) is 10.2 Å². The fraction of sp³-hybridized carbons (Fsp3) is 0.296. The smallest absolute Gasteiger partial charge is 0.325 e. The number of amides is 2. The number of hydrogen-bond donors (Lipinski definition) is 3. The molecular formula is C27H30N4O4S. The lowest BCUT2D eigenvalue weighted by atomic mass is 10.1. The maximum absolute atomic E-state index is 12.9. The molecule has 2 amide bonds. The number of carbonyl (C=O) groups excluding carboxylic acids is 3. The van der Waals surface area contributed by atoms with E-state index in [1.165, 1.54) is 0 Å². The SMILES string of the molecule is CCOC(=O)CNC(=O)C1CCCN1Cc1ccc(C(=O)Nc2cc(-c3cccs3)ccc2N)cc1. The average molecular weight is 507 g/mol. The van der Waals surface area contributed by atoms with Crippen LogP contribution < -0.4 is 16.4 Å². The minimum atomic E-state index is -0.440. The van der Waals surface area contributed by atoms with Crippen molar-refractivity contribution in [3.63, 3.8) is 0 Å². The number of nitrogens with two attached hydrogens (primary N) is 1. The van der Waals surface area contributed by atoms with Crippen molar-refractivity contribution in [2.75, 3.05) is 30.7 Å². The number of esters is 1. The summed E-state index contributed by atoms with van der Waals surface area (Å²) < 4.78 is 4.87. The number of likely N-dealkylation sites (tertiary alicyclic amines) is 1. The third-order valence-corrected chi connectivity index (χ3v) is 7.01. The number of thiophene rings is 1. The van der Waals surface area contributed by atoms with Crippen LogP contribution in [0.3, 0.4) is 0 Å². The molecule has 8 nitrogen and oxygen atoms in total. The molecule has 4 N–H and O–H groups in total. The van der Waals surface area contributed by atoms with Crippen LogP contribution in [0.25, 0.3) is 10.4 Å². The lowest BCUT2D eigenvalue weighted by molar-refractivity contribution is -0.143. The molecule has 2 heterocycles. The third kappa shape index (κ3) is 6.30. The number of benzene rings is 2. The van der Waals surface area contributed by atoms with Gasteiger partial charge in [0.2, 0.25) is 5.91 Å². The summed E-state index contributed by atoms with van der Waals surface area (Å²) in [6.07, 6.45) is 1.64. The minimum Gasteiger partial charge on any atom is -0.465 e. The maximum Gasteiger partial charge on any atom is 0.325 e. The van der Waals surface area contributed by atoms with Crippen LogP contribution in [0.2, 0.25) is 0 Å². The number of hydrogen-bond acceptors (Lipinski definition) is 7. The fourth-order valence-electron chi connectivity index (χ4n) is 4.25. The van der Waals surface area contributed by atoms with Crippen LogP contribution in [-0.2, 0) is 20.9 Å². The molecule has 4 rings (SSSR count). The summed E-state index contributed by atoms with van der Waals surface area (Å²) >= 11 is 1.62. The standard InChI is InChI=1S/C27H30N4O4S/c1-2-35-25(32)16-29-27(34)23-5-3-13-31(23)17-18-7-9-19(10-8-18)26(33)30-22-15-20(11-12-21(22)28)24-6-4-14-36-24/h4,6-12,14-15,23H,2-3,5,13,16-17,28H2,1H3,(H,29,34)(H,30,33). The minimum absolute atomic E-state index is 0.123. The Kier molecular flexibility index (Phi) is 8.35. The Morgan fingerprint density at radius 1 is 1.14 bits per heavy atom. The Labute approximate surface area is 214 Å². The van der Waals surface area contributed by atoms with E-state index in [0.29, 0.717) is 23.5 Å². The highest BCUT2D eigenvalue weighted by Crippen LogP contribution is 2.30. The molecule has 1 unspecified atom stereocenters. The average Bonchev–Trinajstić information content (AvgIpc) is 3.57. The van der Waals surface area contributed by atoms with E-state index < -0.39 is 5.97 Å². The summed E-state index contributed by atoms with van der Waals surface area (Å²) in [6, 6.07) is 16.7. The molecule has 188 valence electrons. The predicted octanol–water partition coefficient (Wildman–Crippen LogP) is 3.89. The Hall–Kier alpha value is -3.69. The molecule has 1 aromatic heterocycles. The Morgan fingerprint density at radius 2 is 1.94 bits per heavy atom. The van der Waals surface area contributed by atoms with E-state index in [4.69, 9.17) is 10.5 Å². The molecular weight excluding hydrogens is 476 g/mol. The van der Waals surface area contributed by atoms with E-state index in [-0.39, 0.29) is 31.0 Å². The first-order valence-corrected chi connectivity index (χ1v) is 12.8. The molecule has 0 radical (unpaired) electrons. The quantitative estimate of drug-likeness (QED) is 0.300. The number of nitrogen functional groups attached to an aromatic ring is 1. The van der Waals surface area contributed by atoms with Gasteiger partial charge in [0.25, 0.3) is 5.91 Å². The number of carbonyl (C=O) groups is 3. The van der Waals surface area contributed by atoms with Crippen LogP contribution in [0, 0.1) is 0 Å². The zero-order chi connectivity index (χ0) is 25.5. The number of nitrogens with one attached hydrogen (secondary N) is 2. The van der Waals surface area contributed by atoms with Crippen molar-refractivity contribution in [1.29, 1.82) is 0 Å². The molecule has 3 aromatic rings. The number of ether oxygens (including phenoxy) is 1. The summed E-state index contributed by atoms with van der Waals surface area (Å²) in [5.41, 5.74) is 9.69. The van der Waals surface area contributed by atoms with Gasteiger partial charge in [-0.25, -0.2) is 0 Å². The molecule has 1 aliphatic rings. The van der Waals surface area contributed by atoms with E-state index in [1.54, 1.807) is 36.5 Å². The lowest BCUT2D eigenvalue weighted by Crippen LogP contribution is -2.44. The molecule has 0 bridgehead atoms. The highest BCUT2D eigenvalue weighted by atomic mass is 32.1. The molecule has 1 aliphatic heterocycles. The van der Waals surface area contributed by atoms with Gasteiger partial charge in [0.15, 0.2) is 0 Å². The van der Waals surface area contributed by atoms with Gasteiger partial charge < -0.3 is 21.1 Å². The Balaban J connectivity index is 1.35. The van der Waals surface area contributed by atoms with E-state index >= 15 is 0 Å². The maximum atomic E-state index is 12.9. The van der Waals surface area contributed by atoms with Gasteiger partial charge in [-0.3, -0.25) is 19.3 Å². The molecule has 9 heteroatoms. The second-order valence-electron chi connectivity index (χ2n) is 8.58. The van der Waals surface area contributed by atoms with Crippen LogP contribution in [0.5, 0.6) is 0 Å². The Bertz CT molecular complexity index is 1210. The molecule has 1 saturated heterocycles. The van der Waals surface area contributed by atoms with Crippen LogP contribution in [0.1, 0.15) is 35.7 Å². The van der Waals surface area contributed by atoms with Crippen LogP contribution in [0.4, 0.5) is 11.4 Å². The fourth-order valence-corrected chi connectivity index (χ4v) is 4.98. The second-order valence-corrected chi connectivity index (χ2v) is 9.53. The van der Waals surface area contributed by atoms with Crippen molar-refractivity contribution in [3.05, 3.63) is 71.1 Å². The first-order valence-electron chi connectivity index (χ1n) is 12.0. The normalized spacial score (nSPS) is 15.4. The summed E-state index contributed by atoms with van der Waals surface area (Å²) in [6.45, 7) is 3.26. The lowest BCUT2D eigenvalue weighted by Gasteiger charge is -2.23. The van der Waals surface area contributed by atoms with E-state index in [0.717, 1.165) is 35.4 Å².